The fourth-order valence-electron chi connectivity index (χ4n) is 1.70. The monoisotopic (exact) mass is 350 g/mol. The predicted molar refractivity (Wildman–Crippen MR) is 74.4 cm³/mol. The van der Waals surface area contributed by atoms with Crippen molar-refractivity contribution in [3.05, 3.63) is 47.8 Å². The van der Waals surface area contributed by atoms with Gasteiger partial charge in [0.2, 0.25) is 0 Å². The van der Waals surface area contributed by atoms with Crippen LogP contribution in [0.25, 0.3) is 0 Å². The van der Waals surface area contributed by atoms with E-state index < -0.39 is 18.5 Å². The van der Waals surface area contributed by atoms with Crippen molar-refractivity contribution in [2.45, 2.75) is 30.1 Å². The van der Waals surface area contributed by atoms with E-state index in [2.05, 4.69) is 14.7 Å². The molecule has 1 unspecified atom stereocenters. The van der Waals surface area contributed by atoms with Gasteiger partial charge in [0, 0.05) is 11.4 Å². The lowest BCUT2D eigenvalue weighted by molar-refractivity contribution is -0.141. The van der Waals surface area contributed by atoms with Crippen molar-refractivity contribution >= 4 is 11.8 Å². The van der Waals surface area contributed by atoms with E-state index in [1.165, 1.54) is 12.1 Å². The minimum absolute atomic E-state index is 0.0104. The first kappa shape index (κ1) is 17.5. The fraction of sp³-hybridized carbons (Fsp3) is 0.286. The molecule has 0 amide bonds. The van der Waals surface area contributed by atoms with Gasteiger partial charge in [-0.1, -0.05) is 23.9 Å². The molecule has 0 N–H and O–H groups in total. The first-order valence-corrected chi connectivity index (χ1v) is 7.25. The van der Waals surface area contributed by atoms with Crippen molar-refractivity contribution in [2.24, 2.45) is 0 Å². The van der Waals surface area contributed by atoms with Crippen LogP contribution in [0.4, 0.5) is 22.0 Å². The molecule has 0 aliphatic heterocycles. The molecule has 0 fully saturated rings. The van der Waals surface area contributed by atoms with Crippen LogP contribution in [-0.4, -0.2) is 16.6 Å². The molecule has 0 radical (unpaired) electrons. The molecule has 124 valence electrons. The number of halogens is 5. The molecule has 0 saturated carbocycles. The molecule has 0 aliphatic carbocycles. The van der Waals surface area contributed by atoms with Crippen LogP contribution in [0.1, 0.15) is 23.4 Å². The highest BCUT2D eigenvalue weighted by Gasteiger charge is 2.32. The van der Waals surface area contributed by atoms with Crippen molar-refractivity contribution in [1.82, 2.24) is 9.97 Å². The third-order valence-electron chi connectivity index (χ3n) is 2.78. The summed E-state index contributed by atoms with van der Waals surface area (Å²) in [7, 11) is 0. The third kappa shape index (κ3) is 5.05. The lowest BCUT2D eigenvalue weighted by Gasteiger charge is -2.12. The number of nitrogens with zero attached hydrogens (tertiary/aromatic N) is 2. The van der Waals surface area contributed by atoms with Crippen LogP contribution in [0, 0.1) is 0 Å². The van der Waals surface area contributed by atoms with E-state index in [-0.39, 0.29) is 16.2 Å². The molecule has 2 rings (SSSR count). The number of benzene rings is 1. The van der Waals surface area contributed by atoms with Crippen molar-refractivity contribution in [3.8, 4) is 5.75 Å². The summed E-state index contributed by atoms with van der Waals surface area (Å²) in [5.41, 5.74) is -0.291. The summed E-state index contributed by atoms with van der Waals surface area (Å²) in [6.45, 7) is -1.16. The number of alkyl halides is 5. The van der Waals surface area contributed by atoms with Crippen LogP contribution in [0.2, 0.25) is 0 Å². The van der Waals surface area contributed by atoms with Crippen LogP contribution in [0.15, 0.2) is 41.7 Å². The maximum atomic E-state index is 12.6. The maximum absolute atomic E-state index is 12.6. The zero-order valence-corrected chi connectivity index (χ0v) is 12.5. The van der Waals surface area contributed by atoms with Gasteiger partial charge < -0.3 is 4.74 Å². The van der Waals surface area contributed by atoms with E-state index in [0.29, 0.717) is 0 Å². The lowest BCUT2D eigenvalue weighted by atomic mass is 10.2. The maximum Gasteiger partial charge on any atom is 0.433 e. The van der Waals surface area contributed by atoms with E-state index in [9.17, 15) is 22.0 Å². The average Bonchev–Trinajstić information content (AvgIpc) is 2.46. The molecule has 3 nitrogen and oxygen atoms in total. The highest BCUT2D eigenvalue weighted by Crippen LogP contribution is 2.35. The molecule has 1 aromatic heterocycles. The molecule has 1 atom stereocenters. The number of thioether (sulfide) groups is 1. The van der Waals surface area contributed by atoms with Gasteiger partial charge in [-0.15, -0.1) is 0 Å². The van der Waals surface area contributed by atoms with E-state index in [1.807, 2.05) is 0 Å². The van der Waals surface area contributed by atoms with Gasteiger partial charge in [0.05, 0.1) is 0 Å². The van der Waals surface area contributed by atoms with Crippen molar-refractivity contribution in [2.75, 3.05) is 0 Å². The molecule has 0 bridgehead atoms. The second kappa shape index (κ2) is 7.12. The molecule has 1 aromatic carbocycles. The molecule has 9 heteroatoms. The van der Waals surface area contributed by atoms with Gasteiger partial charge in [-0.05, 0) is 30.7 Å². The van der Waals surface area contributed by atoms with Crippen molar-refractivity contribution in [3.63, 3.8) is 0 Å². The summed E-state index contributed by atoms with van der Waals surface area (Å²) in [6, 6.07) is 6.65. The number of rotatable bonds is 5. The summed E-state index contributed by atoms with van der Waals surface area (Å²) < 4.78 is 66.2. The molecule has 2 aromatic rings. The summed E-state index contributed by atoms with van der Waals surface area (Å²) in [4.78, 5) is 7.27. The van der Waals surface area contributed by atoms with Gasteiger partial charge in [-0.3, -0.25) is 0 Å². The summed E-state index contributed by atoms with van der Waals surface area (Å²) >= 11 is 1.04. The first-order valence-electron chi connectivity index (χ1n) is 6.37. The molecule has 23 heavy (non-hydrogen) atoms. The molecule has 1 heterocycles. The van der Waals surface area contributed by atoms with Crippen LogP contribution >= 0.6 is 11.8 Å². The standard InChI is InChI=1S/C14H11F5N2OS/c1-8(9-2-4-10(5-3-9)22-12(15)16)23-13-20-7-6-11(21-13)14(17,18)19/h2-8,12H,1H3. The van der Waals surface area contributed by atoms with Crippen LogP contribution < -0.4 is 4.74 Å². The van der Waals surface area contributed by atoms with Gasteiger partial charge in [0.1, 0.15) is 11.4 Å². The Kier molecular flexibility index (Phi) is 5.40. The summed E-state index contributed by atoms with van der Waals surface area (Å²) in [5, 5.41) is -0.278. The van der Waals surface area contributed by atoms with Crippen molar-refractivity contribution < 1.29 is 26.7 Å². The molecule has 0 spiro atoms. The van der Waals surface area contributed by atoms with E-state index in [1.54, 1.807) is 19.1 Å². The Bertz CT molecular complexity index is 648. The van der Waals surface area contributed by atoms with Crippen molar-refractivity contribution in [1.29, 1.82) is 0 Å². The highest BCUT2D eigenvalue weighted by atomic mass is 32.2. The number of hydrogen-bond acceptors (Lipinski definition) is 4. The number of ether oxygens (including phenoxy) is 1. The molecular formula is C14H11F5N2OS. The third-order valence-corrected chi connectivity index (χ3v) is 3.81. The summed E-state index contributed by atoms with van der Waals surface area (Å²) in [5.74, 6) is 0.0104. The Morgan fingerprint density at radius 1 is 1.09 bits per heavy atom. The van der Waals surface area contributed by atoms with E-state index in [4.69, 9.17) is 0 Å². The van der Waals surface area contributed by atoms with Crippen LogP contribution in [-0.2, 0) is 6.18 Å². The van der Waals surface area contributed by atoms with Gasteiger partial charge in [0.25, 0.3) is 0 Å². The Balaban J connectivity index is 2.08. The lowest BCUT2D eigenvalue weighted by Crippen LogP contribution is -2.09. The van der Waals surface area contributed by atoms with Gasteiger partial charge in [-0.25, -0.2) is 9.97 Å². The Morgan fingerprint density at radius 3 is 2.30 bits per heavy atom. The fourth-order valence-corrected chi connectivity index (χ4v) is 2.58. The quantitative estimate of drug-likeness (QED) is 0.434. The Labute approximate surface area is 132 Å². The van der Waals surface area contributed by atoms with Crippen LogP contribution in [0.5, 0.6) is 5.75 Å². The average molecular weight is 350 g/mol. The Hall–Kier alpha value is -1.90. The number of hydrogen-bond donors (Lipinski definition) is 0. The molecule has 0 aliphatic rings. The zero-order chi connectivity index (χ0) is 17.0. The number of aromatic nitrogens is 2. The van der Waals surface area contributed by atoms with E-state index in [0.717, 1.165) is 29.6 Å². The first-order chi connectivity index (χ1) is 10.8. The van der Waals surface area contributed by atoms with Crippen LogP contribution in [0.3, 0.4) is 0 Å². The second-order valence-corrected chi connectivity index (χ2v) is 5.74. The Morgan fingerprint density at radius 2 is 1.74 bits per heavy atom. The highest BCUT2D eigenvalue weighted by molar-refractivity contribution is 7.99. The SMILES string of the molecule is CC(Sc1nccc(C(F)(F)F)n1)c1ccc(OC(F)F)cc1. The predicted octanol–water partition coefficient (Wildman–Crippen LogP) is 4.95. The molecule has 0 saturated heterocycles. The van der Waals surface area contributed by atoms with Gasteiger partial charge >= 0.3 is 12.8 Å². The zero-order valence-electron chi connectivity index (χ0n) is 11.7. The summed E-state index contributed by atoms with van der Waals surface area (Å²) in [6.07, 6.45) is -3.49. The van der Waals surface area contributed by atoms with Gasteiger partial charge in [0.15, 0.2) is 5.16 Å². The largest absolute Gasteiger partial charge is 0.435 e. The topological polar surface area (TPSA) is 35.0 Å². The van der Waals surface area contributed by atoms with Gasteiger partial charge in [-0.2, -0.15) is 22.0 Å². The minimum Gasteiger partial charge on any atom is -0.435 e. The normalized spacial score (nSPS) is 13.2. The smallest absolute Gasteiger partial charge is 0.433 e. The minimum atomic E-state index is -4.53. The van der Waals surface area contributed by atoms with E-state index >= 15 is 0 Å². The molecular weight excluding hydrogens is 339 g/mol. The second-order valence-electron chi connectivity index (χ2n) is 4.43.